The van der Waals surface area contributed by atoms with Gasteiger partial charge >= 0.3 is 0 Å². The Hall–Kier alpha value is 0.0500. The van der Waals surface area contributed by atoms with E-state index in [0.29, 0.717) is 21.8 Å². The van der Waals surface area contributed by atoms with Crippen LogP contribution >= 0.6 is 27.3 Å². The highest BCUT2D eigenvalue weighted by Gasteiger charge is 2.34. The second kappa shape index (κ2) is 5.44. The van der Waals surface area contributed by atoms with Crippen LogP contribution in [-0.2, 0) is 16.6 Å². The minimum absolute atomic E-state index is 0.133. The minimum atomic E-state index is -3.45. The molecule has 0 saturated carbocycles. The zero-order chi connectivity index (χ0) is 14.3. The van der Waals surface area contributed by atoms with E-state index in [1.807, 2.05) is 0 Å². The van der Waals surface area contributed by atoms with Gasteiger partial charge in [0, 0.05) is 18.0 Å². The Labute approximate surface area is 126 Å². The maximum atomic E-state index is 12.6. The first-order chi connectivity index (χ1) is 8.76. The van der Waals surface area contributed by atoms with Crippen LogP contribution in [-0.4, -0.2) is 30.9 Å². The lowest BCUT2D eigenvalue weighted by atomic mass is 9.83. The van der Waals surface area contributed by atoms with Gasteiger partial charge in [-0.2, -0.15) is 4.31 Å². The fourth-order valence-electron chi connectivity index (χ4n) is 2.12. The average Bonchev–Trinajstić information content (AvgIpc) is 2.70. The molecule has 0 atom stereocenters. The second-order valence-corrected chi connectivity index (χ2v) is 9.94. The zero-order valence-electron chi connectivity index (χ0n) is 11.0. The van der Waals surface area contributed by atoms with Crippen molar-refractivity contribution in [3.05, 3.63) is 14.7 Å². The highest BCUT2D eigenvalue weighted by Crippen LogP contribution is 2.37. The van der Waals surface area contributed by atoms with Gasteiger partial charge in [0.1, 0.15) is 4.90 Å². The number of rotatable bonds is 3. The van der Waals surface area contributed by atoms with E-state index in [0.717, 1.165) is 12.8 Å². The van der Waals surface area contributed by atoms with Crippen molar-refractivity contribution in [3.8, 4) is 0 Å². The number of hydrogen-bond donors (Lipinski definition) is 1. The molecule has 0 aliphatic carbocycles. The van der Waals surface area contributed by atoms with Crippen molar-refractivity contribution in [2.75, 3.05) is 13.1 Å². The number of nitrogens with zero attached hydrogens (tertiary/aromatic N) is 1. The fraction of sp³-hybridized carbons (Fsp3) is 0.667. The van der Waals surface area contributed by atoms with Gasteiger partial charge in [0.15, 0.2) is 0 Å². The van der Waals surface area contributed by atoms with E-state index in [2.05, 4.69) is 29.8 Å². The molecule has 0 radical (unpaired) electrons. The fourth-order valence-corrected chi connectivity index (χ4v) is 6.06. The van der Waals surface area contributed by atoms with Gasteiger partial charge in [-0.05, 0) is 40.3 Å². The summed E-state index contributed by atoms with van der Waals surface area (Å²) in [6.45, 7) is 5.33. The maximum absolute atomic E-state index is 12.6. The van der Waals surface area contributed by atoms with Crippen molar-refractivity contribution in [1.29, 1.82) is 0 Å². The summed E-state index contributed by atoms with van der Waals surface area (Å²) in [5.41, 5.74) is 0.216. The lowest BCUT2D eigenvalue weighted by Gasteiger charge is -2.36. The van der Waals surface area contributed by atoms with Crippen molar-refractivity contribution >= 4 is 37.3 Å². The van der Waals surface area contributed by atoms with Crippen LogP contribution in [0.1, 0.15) is 31.6 Å². The number of halogens is 1. The number of aliphatic hydroxyl groups excluding tert-OH is 1. The molecule has 1 aliphatic rings. The van der Waals surface area contributed by atoms with Crippen molar-refractivity contribution in [2.24, 2.45) is 5.41 Å². The van der Waals surface area contributed by atoms with Gasteiger partial charge < -0.3 is 5.11 Å². The summed E-state index contributed by atoms with van der Waals surface area (Å²) in [5.74, 6) is 0. The van der Waals surface area contributed by atoms with Gasteiger partial charge in [-0.15, -0.1) is 11.3 Å². The van der Waals surface area contributed by atoms with Gasteiger partial charge in [-0.25, -0.2) is 8.42 Å². The van der Waals surface area contributed by atoms with E-state index in [1.54, 1.807) is 10.4 Å². The SMILES string of the molecule is CC1(C)CCN(S(=O)(=O)c2cc(CO)sc2Br)CC1. The van der Waals surface area contributed by atoms with Gasteiger partial charge in [0.25, 0.3) is 0 Å². The van der Waals surface area contributed by atoms with Crippen LogP contribution in [0.5, 0.6) is 0 Å². The highest BCUT2D eigenvalue weighted by atomic mass is 79.9. The van der Waals surface area contributed by atoms with E-state index < -0.39 is 10.0 Å². The van der Waals surface area contributed by atoms with Gasteiger partial charge in [0.05, 0.1) is 10.4 Å². The van der Waals surface area contributed by atoms with E-state index in [1.165, 1.54) is 11.3 Å². The number of piperidine rings is 1. The Morgan fingerprint density at radius 3 is 2.47 bits per heavy atom. The Kier molecular flexibility index (Phi) is 4.42. The van der Waals surface area contributed by atoms with Crippen LogP contribution in [0, 0.1) is 5.41 Å². The van der Waals surface area contributed by atoms with Crippen LogP contribution in [0.4, 0.5) is 0 Å². The topological polar surface area (TPSA) is 57.6 Å². The third-order valence-electron chi connectivity index (χ3n) is 3.56. The molecule has 108 valence electrons. The van der Waals surface area contributed by atoms with Crippen molar-refractivity contribution in [2.45, 2.75) is 38.2 Å². The summed E-state index contributed by atoms with van der Waals surface area (Å²) in [7, 11) is -3.45. The lowest BCUT2D eigenvalue weighted by molar-refractivity contribution is 0.196. The molecular weight excluding hydrogens is 350 g/mol. The molecule has 0 aromatic carbocycles. The smallest absolute Gasteiger partial charge is 0.245 e. The Balaban J connectivity index is 2.25. The molecule has 19 heavy (non-hydrogen) atoms. The summed E-state index contributed by atoms with van der Waals surface area (Å²) in [6, 6.07) is 1.56. The van der Waals surface area contributed by atoms with Gasteiger partial charge in [-0.1, -0.05) is 13.8 Å². The lowest BCUT2D eigenvalue weighted by Crippen LogP contribution is -2.41. The third-order valence-corrected chi connectivity index (χ3v) is 7.69. The third kappa shape index (κ3) is 3.21. The zero-order valence-corrected chi connectivity index (χ0v) is 14.2. The molecule has 0 amide bonds. The first kappa shape index (κ1) is 15.4. The molecule has 1 saturated heterocycles. The van der Waals surface area contributed by atoms with Crippen molar-refractivity contribution in [3.63, 3.8) is 0 Å². The van der Waals surface area contributed by atoms with E-state index >= 15 is 0 Å². The van der Waals surface area contributed by atoms with Crippen LogP contribution in [0.15, 0.2) is 14.7 Å². The highest BCUT2D eigenvalue weighted by molar-refractivity contribution is 9.11. The molecule has 1 aromatic heterocycles. The summed E-state index contributed by atoms with van der Waals surface area (Å²) in [5, 5.41) is 9.10. The van der Waals surface area contributed by atoms with Gasteiger partial charge in [0.2, 0.25) is 10.0 Å². The molecule has 0 spiro atoms. The largest absolute Gasteiger partial charge is 0.391 e. The minimum Gasteiger partial charge on any atom is -0.391 e. The predicted molar refractivity (Wildman–Crippen MR) is 79.7 cm³/mol. The molecule has 7 heteroatoms. The molecule has 4 nitrogen and oxygen atoms in total. The van der Waals surface area contributed by atoms with Crippen LogP contribution in [0.3, 0.4) is 0 Å². The molecule has 1 aliphatic heterocycles. The first-order valence-corrected chi connectivity index (χ1v) is 9.20. The summed E-state index contributed by atoms with van der Waals surface area (Å²) in [4.78, 5) is 0.934. The number of aliphatic hydroxyl groups is 1. The maximum Gasteiger partial charge on any atom is 0.245 e. The number of thiophene rings is 1. The van der Waals surface area contributed by atoms with Gasteiger partial charge in [-0.3, -0.25) is 0 Å². The normalized spacial score (nSPS) is 20.6. The summed E-state index contributed by atoms with van der Waals surface area (Å²) in [6.07, 6.45) is 1.75. The molecule has 2 heterocycles. The number of sulfonamides is 1. The molecule has 0 bridgehead atoms. The summed E-state index contributed by atoms with van der Waals surface area (Å²) < 4.78 is 27.3. The average molecular weight is 368 g/mol. The van der Waals surface area contributed by atoms with Crippen LogP contribution in [0.2, 0.25) is 0 Å². The molecular formula is C12H18BrNO3S2. The Morgan fingerprint density at radius 1 is 1.42 bits per heavy atom. The monoisotopic (exact) mass is 367 g/mol. The predicted octanol–water partition coefficient (Wildman–Crippen LogP) is 2.81. The van der Waals surface area contributed by atoms with Crippen LogP contribution < -0.4 is 0 Å². The molecule has 2 rings (SSSR count). The van der Waals surface area contributed by atoms with E-state index in [9.17, 15) is 8.42 Å². The molecule has 1 aromatic rings. The van der Waals surface area contributed by atoms with Crippen molar-refractivity contribution < 1.29 is 13.5 Å². The Morgan fingerprint density at radius 2 is 2.00 bits per heavy atom. The van der Waals surface area contributed by atoms with E-state index in [-0.39, 0.29) is 16.9 Å². The molecule has 1 fully saturated rings. The standard InChI is InChI=1S/C12H18BrNO3S2/c1-12(2)3-5-14(6-4-12)19(16,17)10-7-9(8-15)18-11(10)13/h7,15H,3-6,8H2,1-2H3. The number of hydrogen-bond acceptors (Lipinski definition) is 4. The molecule has 0 unspecified atom stereocenters. The van der Waals surface area contributed by atoms with E-state index in [4.69, 9.17) is 5.11 Å². The summed E-state index contributed by atoms with van der Waals surface area (Å²) >= 11 is 4.55. The quantitative estimate of drug-likeness (QED) is 0.893. The first-order valence-electron chi connectivity index (χ1n) is 6.15. The van der Waals surface area contributed by atoms with Crippen molar-refractivity contribution in [1.82, 2.24) is 4.31 Å². The second-order valence-electron chi connectivity index (χ2n) is 5.58. The Bertz CT molecular complexity index is 556. The molecule has 1 N–H and O–H groups in total. The van der Waals surface area contributed by atoms with Crippen LogP contribution in [0.25, 0.3) is 0 Å².